The van der Waals surface area contributed by atoms with Crippen molar-refractivity contribution in [1.29, 1.82) is 0 Å². The van der Waals surface area contributed by atoms with Gasteiger partial charge < -0.3 is 24.4 Å². The number of hydrogen-bond acceptors (Lipinski definition) is 5. The third kappa shape index (κ3) is 3.55. The van der Waals surface area contributed by atoms with Gasteiger partial charge in [0.15, 0.2) is 0 Å². The van der Waals surface area contributed by atoms with Gasteiger partial charge in [-0.25, -0.2) is 0 Å². The van der Waals surface area contributed by atoms with Crippen LogP contribution in [0.15, 0.2) is 24.3 Å². The summed E-state index contributed by atoms with van der Waals surface area (Å²) in [4.78, 5) is 0. The lowest BCUT2D eigenvalue weighted by Crippen LogP contribution is -2.45. The summed E-state index contributed by atoms with van der Waals surface area (Å²) in [7, 11) is 0. The van der Waals surface area contributed by atoms with Crippen molar-refractivity contribution in [3.05, 3.63) is 29.3 Å². The molecule has 6 heteroatoms. The van der Waals surface area contributed by atoms with Crippen molar-refractivity contribution in [2.75, 3.05) is 13.2 Å². The van der Waals surface area contributed by atoms with Gasteiger partial charge in [0.05, 0.1) is 6.61 Å². The van der Waals surface area contributed by atoms with Crippen LogP contribution in [0.25, 0.3) is 0 Å². The number of rotatable bonds is 3. The van der Waals surface area contributed by atoms with E-state index in [1.54, 1.807) is 24.3 Å². The van der Waals surface area contributed by atoms with Crippen molar-refractivity contribution in [2.45, 2.75) is 18.7 Å². The third-order valence-corrected chi connectivity index (χ3v) is 2.53. The minimum atomic E-state index is -1.33. The third-order valence-electron chi connectivity index (χ3n) is 2.28. The van der Waals surface area contributed by atoms with Crippen LogP contribution in [0.3, 0.4) is 0 Å². The molecule has 3 atom stereocenters. The molecule has 17 heavy (non-hydrogen) atoms. The lowest BCUT2D eigenvalue weighted by Gasteiger charge is -2.30. The lowest BCUT2D eigenvalue weighted by atomic mass is 10.3. The van der Waals surface area contributed by atoms with Crippen molar-refractivity contribution in [3.8, 4) is 5.75 Å². The molecule has 2 N–H and O–H groups in total. The van der Waals surface area contributed by atoms with E-state index >= 15 is 0 Å². The van der Waals surface area contributed by atoms with Crippen LogP contribution in [0.5, 0.6) is 5.75 Å². The Hall–Kier alpha value is -0.850. The molecule has 0 radical (unpaired) electrons. The van der Waals surface area contributed by atoms with E-state index in [1.807, 2.05) is 0 Å². The number of hydrogen-bond donors (Lipinski definition) is 2. The molecule has 2 rings (SSSR count). The van der Waals surface area contributed by atoms with Crippen LogP contribution in [0.2, 0.25) is 5.02 Å². The first-order valence-corrected chi connectivity index (χ1v) is 5.54. The van der Waals surface area contributed by atoms with Crippen LogP contribution in [-0.4, -0.2) is 42.1 Å². The van der Waals surface area contributed by atoms with Crippen LogP contribution in [0, 0.1) is 0 Å². The first kappa shape index (κ1) is 12.6. The van der Waals surface area contributed by atoms with E-state index in [2.05, 4.69) is 0 Å². The molecule has 0 amide bonds. The molecule has 5 nitrogen and oxygen atoms in total. The van der Waals surface area contributed by atoms with Crippen molar-refractivity contribution < 1.29 is 24.4 Å². The molecule has 0 unspecified atom stereocenters. The Kier molecular flexibility index (Phi) is 4.20. The molecule has 1 aliphatic rings. The van der Waals surface area contributed by atoms with Gasteiger partial charge >= 0.3 is 0 Å². The summed E-state index contributed by atoms with van der Waals surface area (Å²) in [6.45, 7) is 0.400. The Labute approximate surface area is 103 Å². The molecule has 1 fully saturated rings. The Morgan fingerprint density at radius 3 is 2.59 bits per heavy atom. The maximum Gasteiger partial charge on any atom is 0.207 e. The summed E-state index contributed by atoms with van der Waals surface area (Å²) in [5.41, 5.74) is 0. The molecule has 1 aromatic carbocycles. The number of aliphatic hydroxyl groups excluding tert-OH is 2. The average molecular weight is 261 g/mol. The van der Waals surface area contributed by atoms with Crippen LogP contribution >= 0.6 is 11.6 Å². The van der Waals surface area contributed by atoms with Gasteiger partial charge in [0.25, 0.3) is 0 Å². The molecular formula is C11H13ClO5. The molecule has 0 bridgehead atoms. The maximum absolute atomic E-state index is 9.21. The smallest absolute Gasteiger partial charge is 0.207 e. The van der Waals surface area contributed by atoms with Gasteiger partial charge in [-0.15, -0.1) is 0 Å². The molecular weight excluding hydrogens is 248 g/mol. The topological polar surface area (TPSA) is 68.2 Å². The summed E-state index contributed by atoms with van der Waals surface area (Å²) >= 11 is 5.73. The average Bonchev–Trinajstić information content (AvgIpc) is 2.33. The number of halogens is 1. The monoisotopic (exact) mass is 260 g/mol. The highest BCUT2D eigenvalue weighted by Crippen LogP contribution is 2.17. The molecule has 94 valence electrons. The molecule has 0 aromatic heterocycles. The van der Waals surface area contributed by atoms with E-state index < -0.39 is 18.7 Å². The zero-order valence-electron chi connectivity index (χ0n) is 8.95. The van der Waals surface area contributed by atoms with Crippen molar-refractivity contribution in [1.82, 2.24) is 0 Å². The van der Waals surface area contributed by atoms with Crippen molar-refractivity contribution in [3.63, 3.8) is 0 Å². The minimum absolute atomic E-state index is 0.172. The van der Waals surface area contributed by atoms with E-state index in [-0.39, 0.29) is 13.2 Å². The first-order chi connectivity index (χ1) is 8.15. The highest BCUT2D eigenvalue weighted by molar-refractivity contribution is 6.30. The van der Waals surface area contributed by atoms with Gasteiger partial charge in [-0.05, 0) is 24.3 Å². The van der Waals surface area contributed by atoms with Crippen molar-refractivity contribution >= 4 is 11.6 Å². The van der Waals surface area contributed by atoms with Crippen LogP contribution in [-0.2, 0) is 9.47 Å². The van der Waals surface area contributed by atoms with E-state index in [4.69, 9.17) is 30.9 Å². The summed E-state index contributed by atoms with van der Waals surface area (Å²) in [5.74, 6) is 0.651. The van der Waals surface area contributed by atoms with Gasteiger partial charge in [0.2, 0.25) is 12.6 Å². The second kappa shape index (κ2) is 5.66. The zero-order valence-corrected chi connectivity index (χ0v) is 9.71. The quantitative estimate of drug-likeness (QED) is 0.840. The van der Waals surface area contributed by atoms with Crippen LogP contribution in [0.4, 0.5) is 0 Å². The first-order valence-electron chi connectivity index (χ1n) is 5.17. The van der Waals surface area contributed by atoms with E-state index in [0.717, 1.165) is 0 Å². The molecule has 1 saturated heterocycles. The molecule has 0 aliphatic carbocycles. The van der Waals surface area contributed by atoms with Crippen LogP contribution in [0.1, 0.15) is 0 Å². The van der Waals surface area contributed by atoms with Gasteiger partial charge in [0, 0.05) is 5.02 Å². The number of aliphatic hydroxyl groups is 2. The molecule has 1 aromatic rings. The highest BCUT2D eigenvalue weighted by Gasteiger charge is 2.29. The van der Waals surface area contributed by atoms with Gasteiger partial charge in [-0.3, -0.25) is 0 Å². The normalized spacial score (nSPS) is 29.0. The number of ether oxygens (including phenoxy) is 3. The lowest BCUT2D eigenvalue weighted by molar-refractivity contribution is -0.316. The SMILES string of the molecule is O[C@@H]1O[C@@H](COc2ccc(Cl)cc2)CO[C@@H]1O. The summed E-state index contributed by atoms with van der Waals surface area (Å²) in [5, 5.41) is 18.9. The van der Waals surface area contributed by atoms with Gasteiger partial charge in [-0.1, -0.05) is 11.6 Å². The fourth-order valence-electron chi connectivity index (χ4n) is 1.40. The van der Waals surface area contributed by atoms with Gasteiger partial charge in [-0.2, -0.15) is 0 Å². The van der Waals surface area contributed by atoms with Crippen LogP contribution < -0.4 is 4.74 Å². The Morgan fingerprint density at radius 2 is 1.94 bits per heavy atom. The molecule has 1 aliphatic heterocycles. The van der Waals surface area contributed by atoms with E-state index in [9.17, 15) is 5.11 Å². The predicted octanol–water partition coefficient (Wildman–Crippen LogP) is 0.771. The summed E-state index contributed by atoms with van der Waals surface area (Å²) < 4.78 is 15.4. The predicted molar refractivity (Wildman–Crippen MR) is 59.8 cm³/mol. The summed E-state index contributed by atoms with van der Waals surface area (Å²) in [6, 6.07) is 6.90. The Bertz CT molecular complexity index is 355. The Morgan fingerprint density at radius 1 is 1.24 bits per heavy atom. The van der Waals surface area contributed by atoms with E-state index in [0.29, 0.717) is 10.8 Å². The Balaban J connectivity index is 1.80. The van der Waals surface area contributed by atoms with E-state index in [1.165, 1.54) is 0 Å². The maximum atomic E-state index is 9.21. The molecule has 0 spiro atoms. The highest BCUT2D eigenvalue weighted by atomic mass is 35.5. The molecule has 1 heterocycles. The zero-order chi connectivity index (χ0) is 12.3. The largest absolute Gasteiger partial charge is 0.491 e. The second-order valence-electron chi connectivity index (χ2n) is 3.64. The minimum Gasteiger partial charge on any atom is -0.491 e. The fourth-order valence-corrected chi connectivity index (χ4v) is 1.53. The van der Waals surface area contributed by atoms with Gasteiger partial charge in [0.1, 0.15) is 18.5 Å². The number of benzene rings is 1. The summed E-state index contributed by atoms with van der Waals surface area (Å²) in [6.07, 6.45) is -3.03. The molecule has 0 saturated carbocycles. The standard InChI is InChI=1S/C11H13ClO5/c12-7-1-3-8(4-2-7)15-5-9-6-16-10(13)11(14)17-9/h1-4,9-11,13-14H,5-6H2/t9-,10-,11+/m0/s1. The fraction of sp³-hybridized carbons (Fsp3) is 0.455. The second-order valence-corrected chi connectivity index (χ2v) is 4.07. The van der Waals surface area contributed by atoms with Crippen molar-refractivity contribution in [2.24, 2.45) is 0 Å².